The third-order valence-electron chi connectivity index (χ3n) is 2.40. The van der Waals surface area contributed by atoms with Crippen LogP contribution < -0.4 is 4.74 Å². The molecule has 0 aliphatic heterocycles. The van der Waals surface area contributed by atoms with E-state index in [1.807, 2.05) is 30.3 Å². The predicted molar refractivity (Wildman–Crippen MR) is 82.9 cm³/mol. The third-order valence-corrected chi connectivity index (χ3v) is 4.11. The molecular formula is C13H10INO3S. The Morgan fingerprint density at radius 2 is 1.79 bits per heavy atom. The minimum Gasteiger partial charge on any atom is -0.490 e. The van der Waals surface area contributed by atoms with Crippen LogP contribution in [0.2, 0.25) is 0 Å². The number of nitro benzene ring substituents is 1. The van der Waals surface area contributed by atoms with Gasteiger partial charge in [-0.3, -0.25) is 10.1 Å². The Morgan fingerprint density at radius 1 is 1.16 bits per heavy atom. The molecule has 0 atom stereocenters. The summed E-state index contributed by atoms with van der Waals surface area (Å²) < 4.78 is 6.13. The van der Waals surface area contributed by atoms with Gasteiger partial charge in [0.2, 0.25) is 0 Å². The third kappa shape index (κ3) is 3.60. The molecule has 6 heteroatoms. The van der Waals surface area contributed by atoms with Crippen molar-refractivity contribution in [3.05, 3.63) is 56.1 Å². The van der Waals surface area contributed by atoms with E-state index in [1.165, 1.54) is 24.9 Å². The van der Waals surface area contributed by atoms with E-state index in [9.17, 15) is 10.1 Å². The summed E-state index contributed by atoms with van der Waals surface area (Å²) in [5, 5.41) is 10.9. The first-order valence-corrected chi connectivity index (χ1v) is 7.25. The van der Waals surface area contributed by atoms with E-state index in [4.69, 9.17) is 4.74 Å². The summed E-state index contributed by atoms with van der Waals surface area (Å²) in [5.41, 5.74) is -0.0157. The molecule has 0 fully saturated rings. The average molecular weight is 387 g/mol. The smallest absolute Gasteiger partial charge is 0.312 e. The van der Waals surface area contributed by atoms with Crippen LogP contribution in [-0.2, 0) is 0 Å². The van der Waals surface area contributed by atoms with Gasteiger partial charge in [0, 0.05) is 19.4 Å². The fourth-order valence-electron chi connectivity index (χ4n) is 1.51. The van der Waals surface area contributed by atoms with Crippen LogP contribution in [0.3, 0.4) is 0 Å². The zero-order valence-corrected chi connectivity index (χ0v) is 13.0. The molecule has 0 saturated heterocycles. The van der Waals surface area contributed by atoms with Crippen molar-refractivity contribution in [2.75, 3.05) is 7.11 Å². The highest BCUT2D eigenvalue weighted by Crippen LogP contribution is 2.35. The van der Waals surface area contributed by atoms with Crippen LogP contribution in [0.1, 0.15) is 0 Å². The summed E-state index contributed by atoms with van der Waals surface area (Å²) in [7, 11) is 1.42. The van der Waals surface area contributed by atoms with Crippen molar-refractivity contribution in [3.63, 3.8) is 0 Å². The number of rotatable bonds is 4. The van der Waals surface area contributed by atoms with E-state index in [2.05, 4.69) is 22.6 Å². The van der Waals surface area contributed by atoms with Crippen molar-refractivity contribution in [1.29, 1.82) is 0 Å². The van der Waals surface area contributed by atoms with E-state index in [0.29, 0.717) is 0 Å². The quantitative estimate of drug-likeness (QED) is 0.445. The Hall–Kier alpha value is -1.28. The standard InChI is InChI=1S/C13H10INO3S/c1-18-13-7-6-11(8-12(13)15(16)17)19-10-4-2-9(14)3-5-10/h2-8H,1H3. The Bertz CT molecular complexity index is 601. The molecule has 0 aromatic heterocycles. The first-order chi connectivity index (χ1) is 9.10. The van der Waals surface area contributed by atoms with Gasteiger partial charge in [-0.1, -0.05) is 11.8 Å². The van der Waals surface area contributed by atoms with Gasteiger partial charge >= 0.3 is 5.69 Å². The normalized spacial score (nSPS) is 10.2. The summed E-state index contributed by atoms with van der Waals surface area (Å²) in [5.74, 6) is 0.275. The van der Waals surface area contributed by atoms with Gasteiger partial charge in [-0.2, -0.15) is 0 Å². The topological polar surface area (TPSA) is 52.4 Å². The van der Waals surface area contributed by atoms with Crippen LogP contribution in [0.25, 0.3) is 0 Å². The van der Waals surface area contributed by atoms with E-state index >= 15 is 0 Å². The van der Waals surface area contributed by atoms with Crippen molar-refractivity contribution < 1.29 is 9.66 Å². The van der Waals surface area contributed by atoms with Gasteiger partial charge in [0.05, 0.1) is 12.0 Å². The minimum absolute atomic E-state index is 0.0157. The molecule has 0 aliphatic rings. The fourth-order valence-corrected chi connectivity index (χ4v) is 2.73. The lowest BCUT2D eigenvalue weighted by Gasteiger charge is -2.05. The van der Waals surface area contributed by atoms with Crippen molar-refractivity contribution in [1.82, 2.24) is 0 Å². The molecule has 0 aliphatic carbocycles. The van der Waals surface area contributed by atoms with Crippen LogP contribution in [0, 0.1) is 13.7 Å². The molecule has 2 rings (SSSR count). The van der Waals surface area contributed by atoms with Crippen LogP contribution >= 0.6 is 34.4 Å². The molecule has 0 radical (unpaired) electrons. The molecule has 98 valence electrons. The lowest BCUT2D eigenvalue weighted by molar-refractivity contribution is -0.386. The second kappa shape index (κ2) is 6.25. The molecule has 0 heterocycles. The molecule has 0 saturated carbocycles. The predicted octanol–water partition coefficient (Wildman–Crippen LogP) is 4.36. The molecular weight excluding hydrogens is 377 g/mol. The zero-order valence-electron chi connectivity index (χ0n) is 10.00. The number of hydrogen-bond donors (Lipinski definition) is 0. The lowest BCUT2D eigenvalue weighted by Crippen LogP contribution is -1.93. The molecule has 0 bridgehead atoms. The monoisotopic (exact) mass is 387 g/mol. The summed E-state index contributed by atoms with van der Waals surface area (Å²) >= 11 is 3.72. The fraction of sp³-hybridized carbons (Fsp3) is 0.0769. The average Bonchev–Trinajstić information content (AvgIpc) is 2.41. The highest BCUT2D eigenvalue weighted by atomic mass is 127. The zero-order chi connectivity index (χ0) is 13.8. The lowest BCUT2D eigenvalue weighted by atomic mass is 10.3. The SMILES string of the molecule is COc1ccc(Sc2ccc(I)cc2)cc1[N+](=O)[O-]. The number of nitrogens with zero attached hydrogens (tertiary/aromatic N) is 1. The van der Waals surface area contributed by atoms with Crippen molar-refractivity contribution in [2.24, 2.45) is 0 Å². The van der Waals surface area contributed by atoms with Crippen LogP contribution in [0.4, 0.5) is 5.69 Å². The number of halogens is 1. The largest absolute Gasteiger partial charge is 0.490 e. The summed E-state index contributed by atoms with van der Waals surface area (Å²) in [6.45, 7) is 0. The molecule has 0 N–H and O–H groups in total. The van der Waals surface area contributed by atoms with Crippen LogP contribution in [0.15, 0.2) is 52.3 Å². The second-order valence-electron chi connectivity index (χ2n) is 3.65. The van der Waals surface area contributed by atoms with E-state index < -0.39 is 4.92 Å². The van der Waals surface area contributed by atoms with E-state index in [1.54, 1.807) is 6.07 Å². The molecule has 0 spiro atoms. The Kier molecular flexibility index (Phi) is 4.65. The maximum Gasteiger partial charge on any atom is 0.312 e. The number of benzene rings is 2. The van der Waals surface area contributed by atoms with Crippen molar-refractivity contribution >= 4 is 40.0 Å². The minimum atomic E-state index is -0.434. The van der Waals surface area contributed by atoms with Gasteiger partial charge in [-0.15, -0.1) is 0 Å². The molecule has 0 amide bonds. The summed E-state index contributed by atoms with van der Waals surface area (Å²) in [6.07, 6.45) is 0. The summed E-state index contributed by atoms with van der Waals surface area (Å²) in [4.78, 5) is 12.4. The number of ether oxygens (including phenoxy) is 1. The Morgan fingerprint density at radius 3 is 2.37 bits per heavy atom. The molecule has 2 aromatic rings. The van der Waals surface area contributed by atoms with Gasteiger partial charge < -0.3 is 4.74 Å². The van der Waals surface area contributed by atoms with Gasteiger partial charge in [0.25, 0.3) is 0 Å². The maximum atomic E-state index is 10.9. The highest BCUT2D eigenvalue weighted by Gasteiger charge is 2.15. The van der Waals surface area contributed by atoms with Gasteiger partial charge in [-0.05, 0) is 59.0 Å². The highest BCUT2D eigenvalue weighted by molar-refractivity contribution is 14.1. The molecule has 4 nitrogen and oxygen atoms in total. The first kappa shape index (κ1) is 14.1. The van der Waals surface area contributed by atoms with Crippen molar-refractivity contribution in [3.8, 4) is 5.75 Å². The van der Waals surface area contributed by atoms with Gasteiger partial charge in [-0.25, -0.2) is 0 Å². The summed E-state index contributed by atoms with van der Waals surface area (Å²) in [6, 6.07) is 12.9. The first-order valence-electron chi connectivity index (χ1n) is 5.36. The van der Waals surface area contributed by atoms with Gasteiger partial charge in [0.1, 0.15) is 0 Å². The van der Waals surface area contributed by atoms with E-state index in [0.717, 1.165) is 13.4 Å². The number of nitro groups is 1. The Balaban J connectivity index is 2.28. The molecule has 0 unspecified atom stereocenters. The van der Waals surface area contributed by atoms with Gasteiger partial charge in [0.15, 0.2) is 5.75 Å². The second-order valence-corrected chi connectivity index (χ2v) is 6.04. The molecule has 19 heavy (non-hydrogen) atoms. The number of hydrogen-bond acceptors (Lipinski definition) is 4. The molecule has 2 aromatic carbocycles. The van der Waals surface area contributed by atoms with Crippen molar-refractivity contribution in [2.45, 2.75) is 9.79 Å². The Labute approximate surface area is 128 Å². The van der Waals surface area contributed by atoms with Crippen LogP contribution in [0.5, 0.6) is 5.75 Å². The van der Waals surface area contributed by atoms with E-state index in [-0.39, 0.29) is 11.4 Å². The maximum absolute atomic E-state index is 10.9. The van der Waals surface area contributed by atoms with Crippen LogP contribution in [-0.4, -0.2) is 12.0 Å². The number of methoxy groups -OCH3 is 1.